The smallest absolute Gasteiger partial charge is 0.396 e. The first-order valence-corrected chi connectivity index (χ1v) is 6.83. The number of phosphoric ester groups is 1. The van der Waals surface area contributed by atoms with Gasteiger partial charge in [0.05, 0.1) is 22.9 Å². The van der Waals surface area contributed by atoms with Crippen molar-refractivity contribution >= 4 is 40.0 Å². The Morgan fingerprint density at radius 2 is 1.80 bits per heavy atom. The average Bonchev–Trinajstić information content (AvgIpc) is 2.16. The molecule has 15 heavy (non-hydrogen) atoms. The van der Waals surface area contributed by atoms with E-state index in [9.17, 15) is 4.57 Å². The van der Waals surface area contributed by atoms with E-state index in [0.29, 0.717) is 0 Å². The largest absolute Gasteiger partial charge is 0.469 e. The third-order valence-electron chi connectivity index (χ3n) is 1.34. The van der Waals surface area contributed by atoms with E-state index >= 15 is 0 Å². The molecule has 1 unspecified atom stereocenters. The lowest BCUT2D eigenvalue weighted by Crippen LogP contribution is -2.28. The van der Waals surface area contributed by atoms with Gasteiger partial charge in [-0.15, -0.1) is 0 Å². The summed E-state index contributed by atoms with van der Waals surface area (Å²) in [7, 11) is -3.20. The molecule has 0 aliphatic heterocycles. The molecule has 0 aliphatic rings. The van der Waals surface area contributed by atoms with Gasteiger partial charge in [-0.1, -0.05) is 29.8 Å². The molecular weight excluding hydrogens is 359 g/mol. The van der Waals surface area contributed by atoms with Gasteiger partial charge in [0.25, 0.3) is 0 Å². The normalized spacial score (nSPS) is 14.1. The van der Waals surface area contributed by atoms with Gasteiger partial charge in [0.15, 0.2) is 0 Å². The van der Waals surface area contributed by atoms with Gasteiger partial charge in [-0.3, -0.25) is 8.35 Å². The van der Waals surface area contributed by atoms with Gasteiger partial charge in [0.2, 0.25) is 0 Å². The third-order valence-corrected chi connectivity index (χ3v) is 4.12. The molecule has 0 spiro atoms. The van der Waals surface area contributed by atoms with Crippen molar-refractivity contribution in [3.05, 3.63) is 0 Å². The fourth-order valence-electron chi connectivity index (χ4n) is 0.192. The number of alkyl halides is 1. The number of phosphoric acid groups is 1. The summed E-state index contributed by atoms with van der Waals surface area (Å²) >= 11 is 6.06. The van der Waals surface area contributed by atoms with Crippen LogP contribution >= 0.6 is 40.0 Å². The zero-order valence-electron chi connectivity index (χ0n) is 8.55. The Bertz CT molecular complexity index is 206. The predicted molar refractivity (Wildman–Crippen MR) is 62.6 cm³/mol. The zero-order chi connectivity index (χ0) is 12.7. The van der Waals surface area contributed by atoms with Crippen molar-refractivity contribution < 1.29 is 27.8 Å². The highest BCUT2D eigenvalue weighted by atomic mass is 79.9. The van der Waals surface area contributed by atoms with E-state index in [1.165, 1.54) is 0 Å². The second-order valence-corrected chi connectivity index (χ2v) is 5.78. The van der Waals surface area contributed by atoms with E-state index in [4.69, 9.17) is 18.7 Å². The summed E-state index contributed by atoms with van der Waals surface area (Å²) in [5.41, 5.74) is -0.247. The van der Waals surface area contributed by atoms with Crippen molar-refractivity contribution in [1.29, 1.82) is 0 Å². The molecule has 6 nitrogen and oxygen atoms in total. The van der Waals surface area contributed by atoms with E-state index in [2.05, 4.69) is 36.7 Å². The molecule has 0 heterocycles. The van der Waals surface area contributed by atoms with Gasteiger partial charge < -0.3 is 14.9 Å². The van der Waals surface area contributed by atoms with Crippen molar-refractivity contribution in [3.8, 4) is 0 Å². The van der Waals surface area contributed by atoms with Crippen LogP contribution in [0.5, 0.6) is 0 Å². The van der Waals surface area contributed by atoms with Crippen LogP contribution in [0.1, 0.15) is 13.8 Å². The Morgan fingerprint density at radius 3 is 1.87 bits per heavy atom. The van der Waals surface area contributed by atoms with Gasteiger partial charge >= 0.3 is 7.82 Å². The lowest BCUT2D eigenvalue weighted by atomic mass is 9.97. The zero-order valence-corrected chi connectivity index (χ0v) is 12.6. The van der Waals surface area contributed by atoms with Gasteiger partial charge in [-0.05, 0) is 0 Å². The minimum atomic E-state index is -4.15. The van der Waals surface area contributed by atoms with Gasteiger partial charge in [0, 0.05) is 12.5 Å². The summed E-state index contributed by atoms with van der Waals surface area (Å²) in [5, 5.41) is 8.61. The van der Waals surface area contributed by atoms with Crippen molar-refractivity contribution in [3.63, 3.8) is 0 Å². The summed E-state index contributed by atoms with van der Waals surface area (Å²) < 4.78 is 17.9. The van der Waals surface area contributed by atoms with Crippen LogP contribution in [0.25, 0.3) is 0 Å². The number of halogens is 2. The predicted octanol–water partition coefficient (Wildman–Crippen LogP) is 1.78. The number of hydrogen-bond acceptors (Lipinski definition) is 4. The molecule has 0 radical (unpaired) electrons. The molecule has 0 saturated heterocycles. The van der Waals surface area contributed by atoms with Crippen molar-refractivity contribution in [2.24, 2.45) is 5.41 Å². The van der Waals surface area contributed by atoms with Crippen LogP contribution in [0.3, 0.4) is 0 Å². The van der Waals surface area contributed by atoms with Crippen LogP contribution in [0.4, 0.5) is 0 Å². The molecule has 0 aromatic rings. The Morgan fingerprint density at radius 1 is 1.47 bits per heavy atom. The average molecular weight is 374 g/mol. The van der Waals surface area contributed by atoms with E-state index in [1.807, 2.05) is 13.8 Å². The van der Waals surface area contributed by atoms with E-state index in [1.54, 1.807) is 0 Å². The van der Waals surface area contributed by atoms with Crippen LogP contribution in [0, 0.1) is 5.41 Å². The first kappa shape index (κ1) is 18.4. The first-order chi connectivity index (χ1) is 6.60. The van der Waals surface area contributed by atoms with Crippen molar-refractivity contribution in [2.45, 2.75) is 18.9 Å². The molecule has 0 fully saturated rings. The maximum absolute atomic E-state index is 9.47. The molecule has 0 rings (SSSR count). The number of hydrogen-bond donors (Lipinski definition) is 3. The molecule has 0 amide bonds. The lowest BCUT2D eigenvalue weighted by molar-refractivity contribution is 0.0973. The van der Waals surface area contributed by atoms with Gasteiger partial charge in [-0.2, -0.15) is 0 Å². The highest BCUT2D eigenvalue weighted by molar-refractivity contribution is 9.10. The second-order valence-electron chi connectivity index (χ2n) is 3.22. The molecule has 0 aliphatic carbocycles. The Kier molecular flexibility index (Phi) is 9.96. The van der Waals surface area contributed by atoms with Gasteiger partial charge in [-0.25, -0.2) is 4.57 Å². The molecule has 0 bridgehead atoms. The molecule has 0 aromatic heterocycles. The molecule has 0 aromatic carbocycles. The molecule has 9 heteroatoms. The summed E-state index contributed by atoms with van der Waals surface area (Å²) in [6.07, 6.45) is 0. The van der Waals surface area contributed by atoms with E-state index in [0.717, 1.165) is 7.11 Å². The van der Waals surface area contributed by atoms with Crippen LogP contribution in [-0.4, -0.2) is 33.6 Å². The monoisotopic (exact) mass is 372 g/mol. The standard InChI is InChI=1S/C5H10Br2O2.CH5O4P/c1-5(2,3-8)4(6)9-7;1-5-6(2,3)4/h4,8H,3H2,1-2H3;1H3,(H2,2,3,4). The van der Waals surface area contributed by atoms with E-state index in [-0.39, 0.29) is 17.0 Å². The molecular formula is C6H15Br2O6P. The minimum absolute atomic E-state index is 0.0918. The van der Waals surface area contributed by atoms with Crippen molar-refractivity contribution in [1.82, 2.24) is 0 Å². The Labute approximate surface area is 106 Å². The van der Waals surface area contributed by atoms with Crippen molar-refractivity contribution in [2.75, 3.05) is 13.7 Å². The Hall–Kier alpha value is 0.990. The number of aliphatic hydroxyl groups excluding tert-OH is 1. The fourth-order valence-corrected chi connectivity index (χ4v) is 0.843. The van der Waals surface area contributed by atoms with Crippen LogP contribution in [0.2, 0.25) is 0 Å². The van der Waals surface area contributed by atoms with Crippen LogP contribution in [0.15, 0.2) is 0 Å². The fraction of sp³-hybridized carbons (Fsp3) is 1.00. The molecule has 1 atom stereocenters. The third kappa shape index (κ3) is 11.3. The molecule has 3 N–H and O–H groups in total. The highest BCUT2D eigenvalue weighted by Crippen LogP contribution is 2.33. The summed E-state index contributed by atoms with van der Waals surface area (Å²) in [5.74, 6) is 0. The second kappa shape index (κ2) is 8.14. The SMILES string of the molecule is CC(C)(CO)C(Br)OBr.COP(=O)(O)O. The van der Waals surface area contributed by atoms with Gasteiger partial charge in [0.1, 0.15) is 5.01 Å². The first-order valence-electron chi connectivity index (χ1n) is 3.74. The molecule has 0 saturated carbocycles. The van der Waals surface area contributed by atoms with Crippen LogP contribution in [-0.2, 0) is 12.9 Å². The minimum Gasteiger partial charge on any atom is -0.396 e. The number of rotatable bonds is 4. The summed E-state index contributed by atoms with van der Waals surface area (Å²) in [6, 6.07) is 0. The lowest BCUT2D eigenvalue weighted by Gasteiger charge is -2.24. The summed E-state index contributed by atoms with van der Waals surface area (Å²) in [4.78, 5) is 15.4. The highest BCUT2D eigenvalue weighted by Gasteiger charge is 2.26. The summed E-state index contributed by atoms with van der Waals surface area (Å²) in [6.45, 7) is 3.88. The maximum Gasteiger partial charge on any atom is 0.469 e. The quantitative estimate of drug-likeness (QED) is 0.513. The number of aliphatic hydroxyl groups is 1. The van der Waals surface area contributed by atoms with E-state index < -0.39 is 7.82 Å². The molecule has 94 valence electrons. The topological polar surface area (TPSA) is 96.2 Å². The Balaban J connectivity index is 0. The maximum atomic E-state index is 9.47. The van der Waals surface area contributed by atoms with Crippen LogP contribution < -0.4 is 0 Å².